The highest BCUT2D eigenvalue weighted by atomic mass is 16.6. The van der Waals surface area contributed by atoms with Crippen LogP contribution in [0.2, 0.25) is 0 Å². The summed E-state index contributed by atoms with van der Waals surface area (Å²) in [5.41, 5.74) is 0. The van der Waals surface area contributed by atoms with E-state index in [4.69, 9.17) is 18.9 Å². The Morgan fingerprint density at radius 3 is 2.00 bits per heavy atom. The molecule has 0 aliphatic rings. The van der Waals surface area contributed by atoms with Crippen LogP contribution in [0.3, 0.4) is 0 Å². The van der Waals surface area contributed by atoms with Gasteiger partial charge in [-0.3, -0.25) is 4.79 Å². The van der Waals surface area contributed by atoms with Crippen LogP contribution in [-0.4, -0.2) is 90.8 Å². The van der Waals surface area contributed by atoms with E-state index >= 15 is 0 Å². The molecule has 1 amide bonds. The molecule has 0 heterocycles. The number of methoxy groups -OCH3 is 1. The Kier molecular flexibility index (Phi) is 16.1. The molecule has 0 unspecified atom stereocenters. The summed E-state index contributed by atoms with van der Waals surface area (Å²) in [4.78, 5) is 13.2. The lowest BCUT2D eigenvalue weighted by atomic mass is 10.3. The summed E-state index contributed by atoms with van der Waals surface area (Å²) in [6, 6.07) is 0. The van der Waals surface area contributed by atoms with E-state index in [1.165, 1.54) is 0 Å². The molecular formula is C15H32N2O5. The van der Waals surface area contributed by atoms with Crippen molar-refractivity contribution in [1.29, 1.82) is 0 Å². The first-order chi connectivity index (χ1) is 10.7. The van der Waals surface area contributed by atoms with Crippen LogP contribution >= 0.6 is 0 Å². The second-order valence-electron chi connectivity index (χ2n) is 4.74. The van der Waals surface area contributed by atoms with Gasteiger partial charge in [-0.25, -0.2) is 0 Å². The van der Waals surface area contributed by atoms with Gasteiger partial charge in [0.25, 0.3) is 0 Å². The van der Waals surface area contributed by atoms with E-state index in [0.29, 0.717) is 59.2 Å². The van der Waals surface area contributed by atoms with Gasteiger partial charge in [0.15, 0.2) is 0 Å². The number of ether oxygens (including phenoxy) is 4. The van der Waals surface area contributed by atoms with Crippen LogP contribution in [0.5, 0.6) is 0 Å². The highest BCUT2D eigenvalue weighted by Crippen LogP contribution is 1.88. The van der Waals surface area contributed by atoms with Gasteiger partial charge in [0, 0.05) is 40.2 Å². The lowest BCUT2D eigenvalue weighted by Crippen LogP contribution is -2.30. The molecule has 22 heavy (non-hydrogen) atoms. The quantitative estimate of drug-likeness (QED) is 0.408. The second kappa shape index (κ2) is 16.6. The number of carbonyl (C=O) groups is 1. The number of amides is 1. The van der Waals surface area contributed by atoms with Gasteiger partial charge in [0.05, 0.1) is 46.2 Å². The number of hydrogen-bond acceptors (Lipinski definition) is 6. The third kappa shape index (κ3) is 14.2. The molecule has 0 saturated heterocycles. The zero-order chi connectivity index (χ0) is 16.5. The average Bonchev–Trinajstić information content (AvgIpc) is 2.54. The van der Waals surface area contributed by atoms with E-state index in [2.05, 4.69) is 5.32 Å². The van der Waals surface area contributed by atoms with E-state index in [9.17, 15) is 4.79 Å². The summed E-state index contributed by atoms with van der Waals surface area (Å²) in [7, 11) is 3.46. The van der Waals surface area contributed by atoms with Crippen LogP contribution in [-0.2, 0) is 23.7 Å². The monoisotopic (exact) mass is 320 g/mol. The molecular weight excluding hydrogens is 288 g/mol. The maximum absolute atomic E-state index is 11.5. The van der Waals surface area contributed by atoms with Gasteiger partial charge in [-0.2, -0.15) is 0 Å². The lowest BCUT2D eigenvalue weighted by molar-refractivity contribution is -0.129. The summed E-state index contributed by atoms with van der Waals surface area (Å²) < 4.78 is 20.9. The molecule has 0 spiro atoms. The molecule has 0 bridgehead atoms. The largest absolute Gasteiger partial charge is 0.382 e. The van der Waals surface area contributed by atoms with Crippen LogP contribution in [0.1, 0.15) is 13.3 Å². The SMILES string of the molecule is CCN(C)C(=O)CCNCCOCCOCCOCCOC. The summed E-state index contributed by atoms with van der Waals surface area (Å²) in [6.45, 7) is 8.23. The van der Waals surface area contributed by atoms with Crippen LogP contribution in [0.15, 0.2) is 0 Å². The number of nitrogens with one attached hydrogen (secondary N) is 1. The maximum atomic E-state index is 11.5. The predicted octanol–water partition coefficient (Wildman–Crippen LogP) is 0.141. The fourth-order valence-corrected chi connectivity index (χ4v) is 1.52. The van der Waals surface area contributed by atoms with Gasteiger partial charge < -0.3 is 29.2 Å². The summed E-state index contributed by atoms with van der Waals surface area (Å²) in [5, 5.41) is 3.18. The van der Waals surface area contributed by atoms with Crippen LogP contribution < -0.4 is 5.32 Å². The van der Waals surface area contributed by atoms with Crippen molar-refractivity contribution in [3.05, 3.63) is 0 Å². The first-order valence-corrected chi connectivity index (χ1v) is 7.89. The first-order valence-electron chi connectivity index (χ1n) is 7.89. The minimum Gasteiger partial charge on any atom is -0.382 e. The molecule has 1 N–H and O–H groups in total. The number of hydrogen-bond donors (Lipinski definition) is 1. The Morgan fingerprint density at radius 2 is 1.45 bits per heavy atom. The Morgan fingerprint density at radius 1 is 0.909 bits per heavy atom. The molecule has 7 heteroatoms. The highest BCUT2D eigenvalue weighted by Gasteiger charge is 2.04. The van der Waals surface area contributed by atoms with Crippen molar-refractivity contribution in [1.82, 2.24) is 10.2 Å². The molecule has 0 aliphatic carbocycles. The van der Waals surface area contributed by atoms with Crippen molar-refractivity contribution in [2.24, 2.45) is 0 Å². The Balaban J connectivity index is 3.10. The van der Waals surface area contributed by atoms with Gasteiger partial charge in [0.2, 0.25) is 5.91 Å². The molecule has 0 fully saturated rings. The van der Waals surface area contributed by atoms with E-state index in [1.807, 2.05) is 14.0 Å². The summed E-state index contributed by atoms with van der Waals surface area (Å²) in [5.74, 6) is 0.164. The molecule has 0 aromatic rings. The minimum absolute atomic E-state index is 0.164. The van der Waals surface area contributed by atoms with E-state index in [1.54, 1.807) is 12.0 Å². The molecule has 0 aromatic carbocycles. The third-order valence-corrected chi connectivity index (χ3v) is 3.01. The van der Waals surface area contributed by atoms with Crippen LogP contribution in [0, 0.1) is 0 Å². The smallest absolute Gasteiger partial charge is 0.223 e. The number of nitrogens with zero attached hydrogens (tertiary/aromatic N) is 1. The summed E-state index contributed by atoms with van der Waals surface area (Å²) in [6.07, 6.45) is 0.524. The Bertz CT molecular complexity index is 254. The number of rotatable bonds is 16. The highest BCUT2D eigenvalue weighted by molar-refractivity contribution is 5.75. The van der Waals surface area contributed by atoms with Crippen LogP contribution in [0.4, 0.5) is 0 Å². The van der Waals surface area contributed by atoms with E-state index in [-0.39, 0.29) is 5.91 Å². The molecule has 0 saturated carbocycles. The van der Waals surface area contributed by atoms with Gasteiger partial charge in [-0.05, 0) is 6.92 Å². The average molecular weight is 320 g/mol. The van der Waals surface area contributed by atoms with Crippen LogP contribution in [0.25, 0.3) is 0 Å². The molecule has 132 valence electrons. The zero-order valence-corrected chi connectivity index (χ0v) is 14.3. The number of carbonyl (C=O) groups excluding carboxylic acids is 1. The third-order valence-electron chi connectivity index (χ3n) is 3.01. The van der Waals surface area contributed by atoms with Gasteiger partial charge >= 0.3 is 0 Å². The van der Waals surface area contributed by atoms with Crippen molar-refractivity contribution in [2.75, 3.05) is 80.0 Å². The molecule has 0 aliphatic heterocycles. The molecule has 0 aromatic heterocycles. The van der Waals surface area contributed by atoms with Crippen molar-refractivity contribution < 1.29 is 23.7 Å². The first kappa shape index (κ1) is 21.3. The molecule has 0 atom stereocenters. The normalized spacial score (nSPS) is 10.9. The molecule has 0 radical (unpaired) electrons. The van der Waals surface area contributed by atoms with Crippen molar-refractivity contribution >= 4 is 5.91 Å². The van der Waals surface area contributed by atoms with Gasteiger partial charge in [-0.1, -0.05) is 0 Å². The summed E-state index contributed by atoms with van der Waals surface area (Å²) >= 11 is 0. The lowest BCUT2D eigenvalue weighted by Gasteiger charge is -2.14. The van der Waals surface area contributed by atoms with Gasteiger partial charge in [-0.15, -0.1) is 0 Å². The minimum atomic E-state index is 0.164. The zero-order valence-electron chi connectivity index (χ0n) is 14.3. The van der Waals surface area contributed by atoms with Crippen molar-refractivity contribution in [3.63, 3.8) is 0 Å². The van der Waals surface area contributed by atoms with Gasteiger partial charge in [0.1, 0.15) is 0 Å². The van der Waals surface area contributed by atoms with E-state index < -0.39 is 0 Å². The Labute approximate surface area is 134 Å². The van der Waals surface area contributed by atoms with Crippen molar-refractivity contribution in [3.8, 4) is 0 Å². The Hall–Kier alpha value is -0.730. The molecule has 0 rings (SSSR count). The van der Waals surface area contributed by atoms with Crippen molar-refractivity contribution in [2.45, 2.75) is 13.3 Å². The second-order valence-corrected chi connectivity index (χ2v) is 4.74. The predicted molar refractivity (Wildman–Crippen MR) is 85.1 cm³/mol. The standard InChI is InChI=1S/C15H32N2O5/c1-4-17(2)15(18)5-6-16-7-8-20-11-12-22-14-13-21-10-9-19-3/h16H,4-14H2,1-3H3. The topological polar surface area (TPSA) is 69.3 Å². The van der Waals surface area contributed by atoms with E-state index in [0.717, 1.165) is 13.1 Å². The maximum Gasteiger partial charge on any atom is 0.223 e. The fraction of sp³-hybridized carbons (Fsp3) is 0.933. The fourth-order valence-electron chi connectivity index (χ4n) is 1.52. The molecule has 7 nitrogen and oxygen atoms in total.